The van der Waals surface area contributed by atoms with E-state index in [1.54, 1.807) is 0 Å². The molecule has 4 aliphatic rings. The van der Waals surface area contributed by atoms with Gasteiger partial charge in [0.2, 0.25) is 0 Å². The van der Waals surface area contributed by atoms with Gasteiger partial charge >= 0.3 is 5.97 Å². The molecule has 0 spiro atoms. The van der Waals surface area contributed by atoms with E-state index in [4.69, 9.17) is 10.8 Å². The van der Waals surface area contributed by atoms with Crippen molar-refractivity contribution >= 4 is 5.97 Å². The fourth-order valence-electron chi connectivity index (χ4n) is 8.74. The summed E-state index contributed by atoms with van der Waals surface area (Å²) in [6, 6.07) is 0.251. The monoisotopic (exact) mass is 407 g/mol. The second-order valence-electron chi connectivity index (χ2n) is 11.5. The van der Waals surface area contributed by atoms with Crippen LogP contribution in [0.2, 0.25) is 0 Å². The third-order valence-corrected chi connectivity index (χ3v) is 10.4. The normalized spacial score (nSPS) is 52.9. The molecule has 166 valence electrons. The van der Waals surface area contributed by atoms with E-state index < -0.39 is 5.97 Å². The Bertz CT molecular complexity index is 640. The zero-order chi connectivity index (χ0) is 21.1. The quantitative estimate of drug-likeness (QED) is 0.572. The number of aliphatic carboxylic acids is 1. The van der Waals surface area contributed by atoms with E-state index in [-0.39, 0.29) is 47.3 Å². The third-order valence-electron chi connectivity index (χ3n) is 10.4. The molecule has 0 aromatic heterocycles. The summed E-state index contributed by atoms with van der Waals surface area (Å²) in [4.78, 5) is 11.1. The zero-order valence-corrected chi connectivity index (χ0v) is 18.4. The standard InChI is InChI=1S/C24H41NO4/c1-13(4-7-21(28)29)16-5-6-17-22-18(12-20(27)24(16,17)3)23(2)9-8-15(25)10-14(23)11-19(22)26/h13-20,22,26-27H,4-12,25H2,1-3H3,(H,28,29)/t13-,14+,15+,16-,17+,18+,19+,20+,22+,23+,24-/m1/s1. The second-order valence-corrected chi connectivity index (χ2v) is 11.5. The van der Waals surface area contributed by atoms with Crippen LogP contribution in [0.4, 0.5) is 0 Å². The van der Waals surface area contributed by atoms with Crippen LogP contribution in [0.25, 0.3) is 0 Å². The molecule has 5 nitrogen and oxygen atoms in total. The minimum atomic E-state index is -0.738. The van der Waals surface area contributed by atoms with E-state index in [0.717, 1.165) is 44.9 Å². The molecule has 4 saturated carbocycles. The Morgan fingerprint density at radius 3 is 2.52 bits per heavy atom. The summed E-state index contributed by atoms with van der Waals surface area (Å²) in [7, 11) is 0. The number of nitrogens with two attached hydrogens (primary N) is 1. The van der Waals surface area contributed by atoms with E-state index in [1.807, 2.05) is 0 Å². The van der Waals surface area contributed by atoms with Crippen LogP contribution < -0.4 is 5.73 Å². The fourth-order valence-corrected chi connectivity index (χ4v) is 8.74. The molecule has 0 unspecified atom stereocenters. The van der Waals surface area contributed by atoms with E-state index in [2.05, 4.69) is 20.8 Å². The van der Waals surface area contributed by atoms with E-state index in [0.29, 0.717) is 30.1 Å². The molecule has 0 amide bonds. The zero-order valence-electron chi connectivity index (χ0n) is 18.4. The molecule has 0 aliphatic heterocycles. The average molecular weight is 408 g/mol. The lowest BCUT2D eigenvalue weighted by atomic mass is 9.43. The summed E-state index contributed by atoms with van der Waals surface area (Å²) in [5, 5.41) is 31.9. The summed E-state index contributed by atoms with van der Waals surface area (Å²) in [5.74, 6) is 1.30. The number of rotatable bonds is 4. The average Bonchev–Trinajstić information content (AvgIpc) is 3.01. The lowest BCUT2D eigenvalue weighted by Crippen LogP contribution is -2.62. The number of hydrogen-bond acceptors (Lipinski definition) is 4. The molecule has 0 saturated heterocycles. The predicted molar refractivity (Wildman–Crippen MR) is 112 cm³/mol. The van der Waals surface area contributed by atoms with Crippen molar-refractivity contribution in [2.75, 3.05) is 0 Å². The first kappa shape index (κ1) is 21.6. The first-order chi connectivity index (χ1) is 13.6. The fraction of sp³-hybridized carbons (Fsp3) is 0.958. The van der Waals surface area contributed by atoms with Crippen LogP contribution in [0.1, 0.15) is 78.6 Å². The smallest absolute Gasteiger partial charge is 0.303 e. The Morgan fingerprint density at radius 1 is 1.10 bits per heavy atom. The maximum Gasteiger partial charge on any atom is 0.303 e. The van der Waals surface area contributed by atoms with Crippen molar-refractivity contribution in [2.24, 2.45) is 52.1 Å². The molecule has 4 rings (SSSR count). The molecule has 0 radical (unpaired) electrons. The van der Waals surface area contributed by atoms with E-state index in [9.17, 15) is 15.0 Å². The van der Waals surface area contributed by atoms with Crippen LogP contribution >= 0.6 is 0 Å². The lowest BCUT2D eigenvalue weighted by molar-refractivity contribution is -0.202. The van der Waals surface area contributed by atoms with Crippen molar-refractivity contribution < 1.29 is 20.1 Å². The van der Waals surface area contributed by atoms with Gasteiger partial charge in [-0.1, -0.05) is 20.8 Å². The van der Waals surface area contributed by atoms with Crippen molar-refractivity contribution in [3.8, 4) is 0 Å². The van der Waals surface area contributed by atoms with E-state index >= 15 is 0 Å². The summed E-state index contributed by atoms with van der Waals surface area (Å²) in [6.07, 6.45) is 7.09. The highest BCUT2D eigenvalue weighted by Gasteiger charge is 2.65. The Hall–Kier alpha value is -0.650. The molecule has 11 atom stereocenters. The number of aliphatic hydroxyl groups is 2. The Kier molecular flexibility index (Phi) is 5.57. The van der Waals surface area contributed by atoms with Crippen molar-refractivity contribution in [1.29, 1.82) is 0 Å². The first-order valence-corrected chi connectivity index (χ1v) is 11.9. The molecule has 5 N–H and O–H groups in total. The first-order valence-electron chi connectivity index (χ1n) is 11.9. The van der Waals surface area contributed by atoms with Crippen LogP contribution in [0.5, 0.6) is 0 Å². The molecular formula is C24H41NO4. The molecule has 4 fully saturated rings. The van der Waals surface area contributed by atoms with Crippen molar-refractivity contribution in [1.82, 2.24) is 0 Å². The highest BCUT2D eigenvalue weighted by molar-refractivity contribution is 5.66. The Balaban J connectivity index is 1.61. The van der Waals surface area contributed by atoms with Gasteiger partial charge in [-0.25, -0.2) is 0 Å². The van der Waals surface area contributed by atoms with Crippen LogP contribution in [0.3, 0.4) is 0 Å². The molecule has 4 aliphatic carbocycles. The van der Waals surface area contributed by atoms with Gasteiger partial charge < -0.3 is 21.1 Å². The number of carbonyl (C=O) groups is 1. The molecule has 0 bridgehead atoms. The van der Waals surface area contributed by atoms with Gasteiger partial charge in [-0.05, 0) is 97.7 Å². The summed E-state index contributed by atoms with van der Waals surface area (Å²) in [6.45, 7) is 6.81. The minimum Gasteiger partial charge on any atom is -0.481 e. The topological polar surface area (TPSA) is 104 Å². The number of carboxylic acids is 1. The lowest BCUT2D eigenvalue weighted by Gasteiger charge is -2.63. The van der Waals surface area contributed by atoms with Gasteiger partial charge in [0.1, 0.15) is 0 Å². The third kappa shape index (κ3) is 3.27. The number of hydrogen-bond donors (Lipinski definition) is 4. The van der Waals surface area contributed by atoms with Crippen molar-refractivity contribution in [3.63, 3.8) is 0 Å². The molecule has 5 heteroatoms. The number of fused-ring (bicyclic) bond motifs is 5. The highest BCUT2D eigenvalue weighted by atomic mass is 16.4. The molecule has 0 aromatic carbocycles. The van der Waals surface area contributed by atoms with Gasteiger partial charge in [0.15, 0.2) is 0 Å². The highest BCUT2D eigenvalue weighted by Crippen LogP contribution is 2.68. The largest absolute Gasteiger partial charge is 0.481 e. The van der Waals surface area contributed by atoms with Crippen molar-refractivity contribution in [3.05, 3.63) is 0 Å². The van der Waals surface area contributed by atoms with Gasteiger partial charge in [0.25, 0.3) is 0 Å². The predicted octanol–water partition coefficient (Wildman–Crippen LogP) is 3.42. The van der Waals surface area contributed by atoms with Crippen LogP contribution in [0.15, 0.2) is 0 Å². The van der Waals surface area contributed by atoms with E-state index in [1.165, 1.54) is 0 Å². The maximum atomic E-state index is 11.5. The SMILES string of the molecule is C[C@H](CCC(=O)O)[C@H]1CC[C@H]2[C@@H]3[C@@H](O)C[C@@H]4C[C@@H](N)CC[C@]4(C)[C@H]3C[C@H](O)[C@]12C. The number of carboxylic acid groups (broad SMARTS) is 1. The summed E-state index contributed by atoms with van der Waals surface area (Å²) in [5.41, 5.74) is 6.24. The maximum absolute atomic E-state index is 11.5. The molecule has 0 aromatic rings. The molecule has 29 heavy (non-hydrogen) atoms. The Labute approximate surface area is 175 Å². The van der Waals surface area contributed by atoms with Crippen LogP contribution in [0, 0.1) is 46.3 Å². The van der Waals surface area contributed by atoms with Gasteiger partial charge in [-0.3, -0.25) is 4.79 Å². The van der Waals surface area contributed by atoms with Crippen molar-refractivity contribution in [2.45, 2.75) is 96.8 Å². The Morgan fingerprint density at radius 2 is 1.83 bits per heavy atom. The summed E-state index contributed by atoms with van der Waals surface area (Å²) < 4.78 is 0. The van der Waals surface area contributed by atoms with Gasteiger partial charge in [0.05, 0.1) is 12.2 Å². The number of aliphatic hydroxyl groups excluding tert-OH is 2. The van der Waals surface area contributed by atoms with Crippen LogP contribution in [-0.2, 0) is 4.79 Å². The summed E-state index contributed by atoms with van der Waals surface area (Å²) >= 11 is 0. The molecular weight excluding hydrogens is 366 g/mol. The van der Waals surface area contributed by atoms with Gasteiger partial charge in [-0.15, -0.1) is 0 Å². The van der Waals surface area contributed by atoms with Gasteiger partial charge in [-0.2, -0.15) is 0 Å². The van der Waals surface area contributed by atoms with Crippen LogP contribution in [-0.4, -0.2) is 39.5 Å². The second kappa shape index (κ2) is 7.49. The van der Waals surface area contributed by atoms with Gasteiger partial charge in [0, 0.05) is 12.5 Å². The minimum absolute atomic E-state index is 0.176. The molecule has 0 heterocycles.